The first-order valence-corrected chi connectivity index (χ1v) is 5.68. The maximum Gasteiger partial charge on any atom is 0.491 e. The molecular formula is C11H20BNO2. The van der Waals surface area contributed by atoms with Gasteiger partial charge in [-0.15, -0.1) is 0 Å². The monoisotopic (exact) mass is 209 g/mol. The van der Waals surface area contributed by atoms with E-state index in [1.807, 2.05) is 0 Å². The van der Waals surface area contributed by atoms with Crippen LogP contribution in [0.2, 0.25) is 0 Å². The van der Waals surface area contributed by atoms with Crippen LogP contribution in [0.25, 0.3) is 0 Å². The van der Waals surface area contributed by atoms with Crippen molar-refractivity contribution in [3.8, 4) is 0 Å². The highest BCUT2D eigenvalue weighted by Gasteiger charge is 2.52. The quantitative estimate of drug-likeness (QED) is 0.664. The van der Waals surface area contributed by atoms with Gasteiger partial charge in [-0.3, -0.25) is 0 Å². The molecule has 0 unspecified atom stereocenters. The molecule has 1 saturated heterocycles. The smallest absolute Gasteiger partial charge is 0.400 e. The molecular weight excluding hydrogens is 189 g/mol. The summed E-state index contributed by atoms with van der Waals surface area (Å²) in [6.45, 7) is 10.3. The summed E-state index contributed by atoms with van der Waals surface area (Å²) in [5, 5.41) is 3.34. The summed E-state index contributed by atoms with van der Waals surface area (Å²) in [5.74, 6) is 0. The lowest BCUT2D eigenvalue weighted by molar-refractivity contribution is 0.00578. The summed E-state index contributed by atoms with van der Waals surface area (Å²) in [6.07, 6.45) is 3.30. The van der Waals surface area contributed by atoms with E-state index in [0.29, 0.717) is 0 Å². The van der Waals surface area contributed by atoms with Gasteiger partial charge in [-0.05, 0) is 46.1 Å². The van der Waals surface area contributed by atoms with Crippen molar-refractivity contribution >= 4 is 7.12 Å². The average molecular weight is 209 g/mol. The van der Waals surface area contributed by atoms with E-state index in [-0.39, 0.29) is 18.3 Å². The van der Waals surface area contributed by atoms with E-state index in [1.54, 1.807) is 0 Å². The Morgan fingerprint density at radius 3 is 2.27 bits per heavy atom. The molecule has 0 aromatic rings. The number of hydrogen-bond acceptors (Lipinski definition) is 3. The highest BCUT2D eigenvalue weighted by atomic mass is 16.7. The predicted octanol–water partition coefficient (Wildman–Crippen LogP) is 1.54. The van der Waals surface area contributed by atoms with Gasteiger partial charge in [0.2, 0.25) is 0 Å². The van der Waals surface area contributed by atoms with Crippen molar-refractivity contribution in [1.82, 2.24) is 5.32 Å². The normalized spacial score (nSPS) is 29.1. The Labute approximate surface area is 92.4 Å². The lowest BCUT2D eigenvalue weighted by atomic mass is 9.76. The topological polar surface area (TPSA) is 30.5 Å². The predicted molar refractivity (Wildman–Crippen MR) is 61.7 cm³/mol. The molecule has 0 aromatic carbocycles. The second-order valence-corrected chi connectivity index (χ2v) is 5.33. The van der Waals surface area contributed by atoms with Gasteiger partial charge in [-0.1, -0.05) is 6.08 Å². The van der Waals surface area contributed by atoms with E-state index in [0.717, 1.165) is 19.5 Å². The lowest BCUT2D eigenvalue weighted by Gasteiger charge is -2.32. The van der Waals surface area contributed by atoms with Crippen molar-refractivity contribution < 1.29 is 9.31 Å². The zero-order valence-electron chi connectivity index (χ0n) is 10.1. The van der Waals surface area contributed by atoms with E-state index in [1.165, 1.54) is 5.47 Å². The van der Waals surface area contributed by atoms with Crippen LogP contribution in [0.15, 0.2) is 11.5 Å². The molecule has 2 aliphatic rings. The summed E-state index contributed by atoms with van der Waals surface area (Å²) in [5.41, 5.74) is 0.784. The second kappa shape index (κ2) is 3.61. The highest BCUT2D eigenvalue weighted by Crippen LogP contribution is 2.38. The molecule has 1 fully saturated rings. The Bertz CT molecular complexity index is 270. The first-order chi connectivity index (χ1) is 6.92. The third-order valence-corrected chi connectivity index (χ3v) is 3.61. The van der Waals surface area contributed by atoms with Gasteiger partial charge in [-0.25, -0.2) is 0 Å². The maximum absolute atomic E-state index is 5.97. The average Bonchev–Trinajstić information content (AvgIpc) is 2.38. The highest BCUT2D eigenvalue weighted by molar-refractivity contribution is 6.54. The van der Waals surface area contributed by atoms with E-state index in [9.17, 15) is 0 Å². The van der Waals surface area contributed by atoms with Gasteiger partial charge >= 0.3 is 7.12 Å². The molecule has 2 rings (SSSR count). The third kappa shape index (κ3) is 1.98. The molecule has 0 atom stereocenters. The van der Waals surface area contributed by atoms with Crippen LogP contribution in [-0.2, 0) is 9.31 Å². The molecule has 0 amide bonds. The van der Waals surface area contributed by atoms with Gasteiger partial charge in [0.1, 0.15) is 0 Å². The molecule has 15 heavy (non-hydrogen) atoms. The van der Waals surface area contributed by atoms with Gasteiger partial charge in [0, 0.05) is 6.54 Å². The minimum Gasteiger partial charge on any atom is -0.400 e. The van der Waals surface area contributed by atoms with Crippen LogP contribution in [0, 0.1) is 0 Å². The molecule has 0 radical (unpaired) electrons. The Balaban J connectivity index is 2.12. The van der Waals surface area contributed by atoms with Crippen LogP contribution in [0.1, 0.15) is 34.1 Å². The number of rotatable bonds is 1. The van der Waals surface area contributed by atoms with Crippen molar-refractivity contribution in [2.45, 2.75) is 45.3 Å². The molecule has 1 N–H and O–H groups in total. The van der Waals surface area contributed by atoms with E-state index < -0.39 is 0 Å². The van der Waals surface area contributed by atoms with Crippen molar-refractivity contribution in [3.63, 3.8) is 0 Å². The van der Waals surface area contributed by atoms with Gasteiger partial charge in [0.25, 0.3) is 0 Å². The largest absolute Gasteiger partial charge is 0.491 e. The Morgan fingerprint density at radius 1 is 1.20 bits per heavy atom. The molecule has 84 valence electrons. The summed E-state index contributed by atoms with van der Waals surface area (Å²) in [7, 11) is -0.164. The van der Waals surface area contributed by atoms with E-state index in [4.69, 9.17) is 9.31 Å². The number of nitrogens with one attached hydrogen (secondary N) is 1. The maximum atomic E-state index is 5.97. The zero-order chi connectivity index (χ0) is 11.1. The first kappa shape index (κ1) is 11.2. The fraction of sp³-hybridized carbons (Fsp3) is 0.818. The first-order valence-electron chi connectivity index (χ1n) is 5.68. The number of hydrogen-bond donors (Lipinski definition) is 1. The van der Waals surface area contributed by atoms with Crippen LogP contribution in [0.5, 0.6) is 0 Å². The molecule has 0 spiro atoms. The molecule has 2 aliphatic heterocycles. The molecule has 0 bridgehead atoms. The SMILES string of the molecule is CC1(C)OB(C2=CCCNC2)OC1(C)C. The Morgan fingerprint density at radius 2 is 1.80 bits per heavy atom. The Hall–Kier alpha value is -0.315. The van der Waals surface area contributed by atoms with Gasteiger partial charge < -0.3 is 14.6 Å². The molecule has 0 aromatic heterocycles. The van der Waals surface area contributed by atoms with Gasteiger partial charge in [0.15, 0.2) is 0 Å². The van der Waals surface area contributed by atoms with Gasteiger partial charge in [-0.2, -0.15) is 0 Å². The van der Waals surface area contributed by atoms with E-state index >= 15 is 0 Å². The van der Waals surface area contributed by atoms with Crippen LogP contribution in [-0.4, -0.2) is 31.4 Å². The van der Waals surface area contributed by atoms with Crippen molar-refractivity contribution in [3.05, 3.63) is 11.5 Å². The van der Waals surface area contributed by atoms with Crippen molar-refractivity contribution in [2.75, 3.05) is 13.1 Å². The molecule has 0 aliphatic carbocycles. The molecule has 4 heteroatoms. The summed E-state index contributed by atoms with van der Waals surface area (Å²) < 4.78 is 11.9. The third-order valence-electron chi connectivity index (χ3n) is 3.61. The van der Waals surface area contributed by atoms with Crippen LogP contribution < -0.4 is 5.32 Å². The second-order valence-electron chi connectivity index (χ2n) is 5.33. The van der Waals surface area contributed by atoms with Crippen LogP contribution in [0.4, 0.5) is 0 Å². The van der Waals surface area contributed by atoms with Crippen molar-refractivity contribution in [2.24, 2.45) is 0 Å². The van der Waals surface area contributed by atoms with Crippen LogP contribution in [0.3, 0.4) is 0 Å². The van der Waals surface area contributed by atoms with E-state index in [2.05, 4.69) is 39.1 Å². The molecule has 3 nitrogen and oxygen atoms in total. The van der Waals surface area contributed by atoms with Crippen LogP contribution >= 0.6 is 0 Å². The fourth-order valence-corrected chi connectivity index (χ4v) is 1.84. The molecule has 2 heterocycles. The standard InChI is InChI=1S/C11H20BNO2/c1-10(2)11(3,4)15-12(14-10)9-6-5-7-13-8-9/h6,13H,5,7-8H2,1-4H3. The summed E-state index contributed by atoms with van der Waals surface area (Å²) >= 11 is 0. The van der Waals surface area contributed by atoms with Gasteiger partial charge in [0.05, 0.1) is 11.2 Å². The minimum absolute atomic E-state index is 0.164. The zero-order valence-corrected chi connectivity index (χ0v) is 10.1. The lowest BCUT2D eigenvalue weighted by Crippen LogP contribution is -2.41. The Kier molecular flexibility index (Phi) is 2.69. The molecule has 0 saturated carbocycles. The van der Waals surface area contributed by atoms with Crippen molar-refractivity contribution in [1.29, 1.82) is 0 Å². The minimum atomic E-state index is -0.226. The summed E-state index contributed by atoms with van der Waals surface area (Å²) in [4.78, 5) is 0. The fourth-order valence-electron chi connectivity index (χ4n) is 1.84. The summed E-state index contributed by atoms with van der Waals surface area (Å²) in [6, 6.07) is 0.